The molecular formula is C26H26Br2N2O4. The lowest BCUT2D eigenvalue weighted by Crippen LogP contribution is -2.17. The highest BCUT2D eigenvalue weighted by molar-refractivity contribution is 9.11. The summed E-state index contributed by atoms with van der Waals surface area (Å²) in [5.41, 5.74) is 4.84. The molecule has 0 fully saturated rings. The minimum atomic E-state index is -0.347. The zero-order valence-corrected chi connectivity index (χ0v) is 22.2. The van der Waals surface area contributed by atoms with E-state index in [1.165, 1.54) is 0 Å². The SMILES string of the molecule is CCCOc1ccc(C(=O)N/N=C/c2cc(Br)c(OCc3ccccc3)c(Br)c2)cc1OCC. The van der Waals surface area contributed by atoms with E-state index >= 15 is 0 Å². The van der Waals surface area contributed by atoms with Crippen LogP contribution in [0.3, 0.4) is 0 Å². The lowest BCUT2D eigenvalue weighted by atomic mass is 10.2. The topological polar surface area (TPSA) is 69.2 Å². The second-order valence-electron chi connectivity index (χ2n) is 7.23. The molecular weight excluding hydrogens is 564 g/mol. The fourth-order valence-electron chi connectivity index (χ4n) is 3.00. The van der Waals surface area contributed by atoms with E-state index in [0.717, 1.165) is 26.5 Å². The van der Waals surface area contributed by atoms with Crippen LogP contribution in [0.1, 0.15) is 41.8 Å². The molecule has 0 radical (unpaired) electrons. The van der Waals surface area contributed by atoms with Gasteiger partial charge in [-0.05, 0) is 86.7 Å². The summed E-state index contributed by atoms with van der Waals surface area (Å²) in [6.07, 6.45) is 2.45. The van der Waals surface area contributed by atoms with Crippen LogP contribution in [0.25, 0.3) is 0 Å². The Morgan fingerprint density at radius 2 is 1.68 bits per heavy atom. The highest BCUT2D eigenvalue weighted by Gasteiger charge is 2.12. The van der Waals surface area contributed by atoms with E-state index < -0.39 is 0 Å². The van der Waals surface area contributed by atoms with E-state index in [1.807, 2.05) is 56.3 Å². The summed E-state index contributed by atoms with van der Waals surface area (Å²) in [4.78, 5) is 12.6. The Morgan fingerprint density at radius 3 is 2.35 bits per heavy atom. The average Bonchev–Trinajstić information content (AvgIpc) is 2.83. The third kappa shape index (κ3) is 7.33. The number of nitrogens with one attached hydrogen (secondary N) is 1. The number of carbonyl (C=O) groups is 1. The second-order valence-corrected chi connectivity index (χ2v) is 8.94. The zero-order valence-electron chi connectivity index (χ0n) is 19.0. The van der Waals surface area contributed by atoms with E-state index in [4.69, 9.17) is 14.2 Å². The third-order valence-electron chi connectivity index (χ3n) is 4.59. The summed E-state index contributed by atoms with van der Waals surface area (Å²) in [5.74, 6) is 1.50. The standard InChI is InChI=1S/C26H26Br2N2O4/c1-3-12-33-23-11-10-20(15-24(23)32-4-2)26(31)30-29-16-19-13-21(27)25(22(28)14-19)34-17-18-8-6-5-7-9-18/h5-11,13-16H,3-4,12,17H2,1-2H3,(H,30,31)/b29-16+. The molecule has 6 nitrogen and oxygen atoms in total. The van der Waals surface area contributed by atoms with Gasteiger partial charge >= 0.3 is 0 Å². The Balaban J connectivity index is 1.64. The van der Waals surface area contributed by atoms with Gasteiger partial charge in [0.15, 0.2) is 11.5 Å². The summed E-state index contributed by atoms with van der Waals surface area (Å²) in [6, 6.07) is 18.8. The van der Waals surface area contributed by atoms with Crippen molar-refractivity contribution in [1.29, 1.82) is 0 Å². The van der Waals surface area contributed by atoms with Gasteiger partial charge in [0.05, 0.1) is 28.4 Å². The molecule has 3 rings (SSSR count). The maximum atomic E-state index is 12.6. The molecule has 3 aromatic rings. The van der Waals surface area contributed by atoms with E-state index in [2.05, 4.69) is 42.4 Å². The molecule has 0 bridgehead atoms. The van der Waals surface area contributed by atoms with Gasteiger partial charge in [0.25, 0.3) is 5.91 Å². The number of nitrogens with zero attached hydrogens (tertiary/aromatic N) is 1. The maximum absolute atomic E-state index is 12.6. The van der Waals surface area contributed by atoms with Crippen molar-refractivity contribution in [2.24, 2.45) is 5.10 Å². The fourth-order valence-corrected chi connectivity index (χ4v) is 4.45. The average molecular weight is 590 g/mol. The maximum Gasteiger partial charge on any atom is 0.271 e. The van der Waals surface area contributed by atoms with Gasteiger partial charge in [0.2, 0.25) is 0 Å². The summed E-state index contributed by atoms with van der Waals surface area (Å²) >= 11 is 7.09. The van der Waals surface area contributed by atoms with Crippen LogP contribution < -0.4 is 19.6 Å². The summed E-state index contributed by atoms with van der Waals surface area (Å²) in [6.45, 7) is 5.42. The van der Waals surface area contributed by atoms with Crippen LogP contribution in [0.15, 0.2) is 74.7 Å². The van der Waals surface area contributed by atoms with Gasteiger partial charge in [0, 0.05) is 5.56 Å². The number of benzene rings is 3. The number of hydrogen-bond donors (Lipinski definition) is 1. The first kappa shape index (κ1) is 25.8. The minimum absolute atomic E-state index is 0.347. The molecule has 8 heteroatoms. The van der Waals surface area contributed by atoms with Crippen molar-refractivity contribution >= 4 is 44.0 Å². The molecule has 1 N–H and O–H groups in total. The second kappa shape index (κ2) is 13.2. The molecule has 0 aliphatic carbocycles. The smallest absolute Gasteiger partial charge is 0.271 e. The number of hydrazone groups is 1. The van der Waals surface area contributed by atoms with Gasteiger partial charge < -0.3 is 14.2 Å². The molecule has 0 aliphatic rings. The monoisotopic (exact) mass is 588 g/mol. The molecule has 0 aliphatic heterocycles. The highest BCUT2D eigenvalue weighted by atomic mass is 79.9. The molecule has 0 saturated heterocycles. The van der Waals surface area contributed by atoms with Crippen LogP contribution in [-0.4, -0.2) is 25.3 Å². The lowest BCUT2D eigenvalue weighted by molar-refractivity contribution is 0.0954. The molecule has 0 saturated carbocycles. The normalized spacial score (nSPS) is 10.8. The van der Waals surface area contributed by atoms with Crippen LogP contribution in [0.4, 0.5) is 0 Å². The van der Waals surface area contributed by atoms with Gasteiger partial charge in [-0.2, -0.15) is 5.10 Å². The van der Waals surface area contributed by atoms with E-state index in [0.29, 0.717) is 42.6 Å². The molecule has 1 amide bonds. The molecule has 0 heterocycles. The van der Waals surface area contributed by atoms with Gasteiger partial charge in [0.1, 0.15) is 12.4 Å². The van der Waals surface area contributed by atoms with Crippen LogP contribution in [0.2, 0.25) is 0 Å². The van der Waals surface area contributed by atoms with Gasteiger partial charge in [-0.1, -0.05) is 37.3 Å². The number of hydrogen-bond acceptors (Lipinski definition) is 5. The molecule has 0 atom stereocenters. The van der Waals surface area contributed by atoms with E-state index in [1.54, 1.807) is 24.4 Å². The predicted octanol–water partition coefficient (Wildman–Crippen LogP) is 6.74. The Labute approximate surface area is 216 Å². The number of ether oxygens (including phenoxy) is 3. The molecule has 34 heavy (non-hydrogen) atoms. The Hall–Kier alpha value is -2.84. The number of rotatable bonds is 11. The largest absolute Gasteiger partial charge is 0.490 e. The number of halogens is 2. The van der Waals surface area contributed by atoms with Crippen LogP contribution in [-0.2, 0) is 6.61 Å². The van der Waals surface area contributed by atoms with Gasteiger partial charge in [-0.25, -0.2) is 5.43 Å². The zero-order chi connectivity index (χ0) is 24.3. The van der Waals surface area contributed by atoms with Gasteiger partial charge in [-0.3, -0.25) is 4.79 Å². The van der Waals surface area contributed by atoms with Crippen LogP contribution in [0.5, 0.6) is 17.2 Å². The third-order valence-corrected chi connectivity index (χ3v) is 5.77. The first-order chi connectivity index (χ1) is 16.5. The van der Waals surface area contributed by atoms with Crippen molar-refractivity contribution in [3.63, 3.8) is 0 Å². The summed E-state index contributed by atoms with van der Waals surface area (Å²) in [5, 5.41) is 4.09. The first-order valence-corrected chi connectivity index (χ1v) is 12.5. The summed E-state index contributed by atoms with van der Waals surface area (Å²) < 4.78 is 18.8. The lowest BCUT2D eigenvalue weighted by Gasteiger charge is -2.12. The Kier molecular flexibility index (Phi) is 9.97. The van der Waals surface area contributed by atoms with Crippen molar-refractivity contribution in [3.05, 3.63) is 86.3 Å². The van der Waals surface area contributed by atoms with Crippen molar-refractivity contribution in [1.82, 2.24) is 5.43 Å². The van der Waals surface area contributed by atoms with E-state index in [-0.39, 0.29) is 5.91 Å². The molecule has 178 valence electrons. The minimum Gasteiger partial charge on any atom is -0.490 e. The Bertz CT molecular complexity index is 1110. The van der Waals surface area contributed by atoms with E-state index in [9.17, 15) is 4.79 Å². The highest BCUT2D eigenvalue weighted by Crippen LogP contribution is 2.35. The van der Waals surface area contributed by atoms with Crippen molar-refractivity contribution in [3.8, 4) is 17.2 Å². The van der Waals surface area contributed by atoms with Crippen LogP contribution >= 0.6 is 31.9 Å². The molecule has 0 unspecified atom stereocenters. The van der Waals surface area contributed by atoms with Crippen molar-refractivity contribution in [2.75, 3.05) is 13.2 Å². The van der Waals surface area contributed by atoms with Gasteiger partial charge in [-0.15, -0.1) is 0 Å². The molecule has 0 aromatic heterocycles. The predicted molar refractivity (Wildman–Crippen MR) is 141 cm³/mol. The summed E-state index contributed by atoms with van der Waals surface area (Å²) in [7, 11) is 0. The molecule has 0 spiro atoms. The number of amides is 1. The van der Waals surface area contributed by atoms with Crippen molar-refractivity contribution in [2.45, 2.75) is 26.9 Å². The number of carbonyl (C=O) groups excluding carboxylic acids is 1. The quantitative estimate of drug-likeness (QED) is 0.199. The Morgan fingerprint density at radius 1 is 0.941 bits per heavy atom. The molecule has 3 aromatic carbocycles. The van der Waals surface area contributed by atoms with Crippen molar-refractivity contribution < 1.29 is 19.0 Å². The van der Waals surface area contributed by atoms with Crippen LogP contribution in [0, 0.1) is 0 Å². The fraction of sp³-hybridized carbons (Fsp3) is 0.231. The first-order valence-electron chi connectivity index (χ1n) is 10.9.